The maximum Gasteiger partial charge on any atom is 0.276 e. The molecule has 2 N–H and O–H groups in total. The molecule has 2 heterocycles. The molecule has 0 aliphatic carbocycles. The van der Waals surface area contributed by atoms with Crippen LogP contribution in [0, 0.1) is 0 Å². The van der Waals surface area contributed by atoms with Gasteiger partial charge in [0, 0.05) is 36.6 Å². The fourth-order valence-corrected chi connectivity index (χ4v) is 3.51. The Bertz CT molecular complexity index is 798. The Hall–Kier alpha value is -1.48. The van der Waals surface area contributed by atoms with Crippen molar-refractivity contribution in [3.8, 4) is 0 Å². The Morgan fingerprint density at radius 2 is 1.95 bits per heavy atom. The standard InChI is InChI=1S/C13H16ClN5O2S/c14-10-2-3-11-12(8-10)16-9-17-13(11)18-4-1-5-19(7-6-18)22(15,20)21/h2-3,8-9H,1,4-7H2,(H2,15,20,21). The zero-order valence-electron chi connectivity index (χ0n) is 11.8. The van der Waals surface area contributed by atoms with Crippen LogP contribution in [0.25, 0.3) is 10.9 Å². The van der Waals surface area contributed by atoms with Crippen LogP contribution >= 0.6 is 11.6 Å². The highest BCUT2D eigenvalue weighted by Crippen LogP contribution is 2.26. The largest absolute Gasteiger partial charge is 0.355 e. The molecule has 22 heavy (non-hydrogen) atoms. The first-order chi connectivity index (χ1) is 10.4. The van der Waals surface area contributed by atoms with Crippen LogP contribution in [-0.4, -0.2) is 48.9 Å². The average Bonchev–Trinajstić information content (AvgIpc) is 2.71. The zero-order valence-corrected chi connectivity index (χ0v) is 13.4. The fourth-order valence-electron chi connectivity index (χ4n) is 2.63. The lowest BCUT2D eigenvalue weighted by Crippen LogP contribution is -2.39. The molecule has 0 unspecified atom stereocenters. The third kappa shape index (κ3) is 3.14. The highest BCUT2D eigenvalue weighted by atomic mass is 35.5. The molecule has 0 amide bonds. The number of nitrogens with two attached hydrogens (primary N) is 1. The summed E-state index contributed by atoms with van der Waals surface area (Å²) >= 11 is 5.99. The number of anilines is 1. The zero-order chi connectivity index (χ0) is 15.7. The molecule has 0 radical (unpaired) electrons. The van der Waals surface area contributed by atoms with Gasteiger partial charge in [-0.05, 0) is 24.6 Å². The molecule has 1 aromatic heterocycles. The summed E-state index contributed by atoms with van der Waals surface area (Å²) in [5, 5.41) is 6.73. The number of hydrogen-bond donors (Lipinski definition) is 1. The van der Waals surface area contributed by atoms with Crippen molar-refractivity contribution in [1.82, 2.24) is 14.3 Å². The van der Waals surface area contributed by atoms with Crippen molar-refractivity contribution in [3.05, 3.63) is 29.5 Å². The van der Waals surface area contributed by atoms with Gasteiger partial charge in [0.15, 0.2) is 0 Å². The summed E-state index contributed by atoms with van der Waals surface area (Å²) in [5.41, 5.74) is 0.769. The van der Waals surface area contributed by atoms with Crippen molar-refractivity contribution in [1.29, 1.82) is 0 Å². The second kappa shape index (κ2) is 5.96. The van der Waals surface area contributed by atoms with Crippen molar-refractivity contribution < 1.29 is 8.42 Å². The van der Waals surface area contributed by atoms with E-state index in [4.69, 9.17) is 16.7 Å². The molecule has 1 fully saturated rings. The summed E-state index contributed by atoms with van der Waals surface area (Å²) in [6.45, 7) is 2.01. The Morgan fingerprint density at radius 1 is 1.14 bits per heavy atom. The Kier molecular flexibility index (Phi) is 4.18. The quantitative estimate of drug-likeness (QED) is 0.879. The number of nitrogens with zero attached hydrogens (tertiary/aromatic N) is 4. The third-order valence-corrected chi connectivity index (χ3v) is 5.01. The molecule has 7 nitrogen and oxygen atoms in total. The predicted octanol–water partition coefficient (Wildman–Crippen LogP) is 0.999. The number of aromatic nitrogens is 2. The molecule has 118 valence electrons. The minimum atomic E-state index is -3.65. The maximum absolute atomic E-state index is 11.5. The molecule has 1 aliphatic heterocycles. The molecule has 1 aromatic carbocycles. The van der Waals surface area contributed by atoms with Gasteiger partial charge in [0.1, 0.15) is 12.1 Å². The molecule has 3 rings (SSSR count). The topological polar surface area (TPSA) is 92.4 Å². The first kappa shape index (κ1) is 15.4. The van der Waals surface area contributed by atoms with E-state index in [1.165, 1.54) is 10.6 Å². The molecular weight excluding hydrogens is 326 g/mol. The Labute approximate surface area is 133 Å². The normalized spacial score (nSPS) is 17.6. The number of fused-ring (bicyclic) bond motifs is 1. The van der Waals surface area contributed by atoms with E-state index in [2.05, 4.69) is 14.9 Å². The highest BCUT2D eigenvalue weighted by Gasteiger charge is 2.23. The van der Waals surface area contributed by atoms with E-state index in [-0.39, 0.29) is 0 Å². The van der Waals surface area contributed by atoms with Crippen molar-refractivity contribution in [2.24, 2.45) is 5.14 Å². The van der Waals surface area contributed by atoms with Gasteiger partial charge in [-0.15, -0.1) is 0 Å². The van der Waals surface area contributed by atoms with Crippen LogP contribution in [0.4, 0.5) is 5.82 Å². The molecule has 1 saturated heterocycles. The van der Waals surface area contributed by atoms with Gasteiger partial charge >= 0.3 is 0 Å². The minimum Gasteiger partial charge on any atom is -0.355 e. The van der Waals surface area contributed by atoms with E-state index < -0.39 is 10.2 Å². The predicted molar refractivity (Wildman–Crippen MR) is 86.1 cm³/mol. The molecule has 0 saturated carbocycles. The van der Waals surface area contributed by atoms with Crippen molar-refractivity contribution in [2.75, 3.05) is 31.1 Å². The van der Waals surface area contributed by atoms with E-state index in [1.54, 1.807) is 12.1 Å². The molecule has 2 aromatic rings. The SMILES string of the molecule is NS(=O)(=O)N1CCCN(c2ncnc3cc(Cl)ccc23)CC1. The van der Waals surface area contributed by atoms with Crippen LogP contribution in [-0.2, 0) is 10.2 Å². The number of benzene rings is 1. The summed E-state index contributed by atoms with van der Waals surface area (Å²) in [5.74, 6) is 0.790. The molecule has 0 atom stereocenters. The van der Waals surface area contributed by atoms with E-state index in [9.17, 15) is 8.42 Å². The monoisotopic (exact) mass is 341 g/mol. The second-order valence-corrected chi connectivity index (χ2v) is 7.13. The van der Waals surface area contributed by atoms with Crippen molar-refractivity contribution in [3.63, 3.8) is 0 Å². The van der Waals surface area contributed by atoms with E-state index in [0.29, 0.717) is 37.6 Å². The second-order valence-electron chi connectivity index (χ2n) is 5.14. The van der Waals surface area contributed by atoms with Crippen molar-refractivity contribution >= 4 is 38.5 Å². The lowest BCUT2D eigenvalue weighted by molar-refractivity contribution is 0.434. The summed E-state index contributed by atoms with van der Waals surface area (Å²) in [4.78, 5) is 10.6. The van der Waals surface area contributed by atoms with Gasteiger partial charge in [-0.25, -0.2) is 15.1 Å². The number of rotatable bonds is 2. The molecule has 0 bridgehead atoms. The van der Waals surface area contributed by atoms with Crippen LogP contribution in [0.5, 0.6) is 0 Å². The summed E-state index contributed by atoms with van der Waals surface area (Å²) in [7, 11) is -3.65. The maximum atomic E-state index is 11.5. The smallest absolute Gasteiger partial charge is 0.276 e. The van der Waals surface area contributed by atoms with Crippen LogP contribution in [0.2, 0.25) is 5.02 Å². The summed E-state index contributed by atoms with van der Waals surface area (Å²) < 4.78 is 24.3. The van der Waals surface area contributed by atoms with Gasteiger partial charge in [-0.1, -0.05) is 11.6 Å². The first-order valence-corrected chi connectivity index (χ1v) is 8.76. The summed E-state index contributed by atoms with van der Waals surface area (Å²) in [6.07, 6.45) is 2.19. The van der Waals surface area contributed by atoms with Gasteiger partial charge in [0.25, 0.3) is 10.2 Å². The van der Waals surface area contributed by atoms with Crippen LogP contribution in [0.1, 0.15) is 6.42 Å². The lowest BCUT2D eigenvalue weighted by Gasteiger charge is -2.23. The average molecular weight is 342 g/mol. The van der Waals surface area contributed by atoms with Gasteiger partial charge < -0.3 is 4.90 Å². The van der Waals surface area contributed by atoms with E-state index in [0.717, 1.165) is 16.7 Å². The van der Waals surface area contributed by atoms with Gasteiger partial charge in [-0.2, -0.15) is 12.7 Å². The Morgan fingerprint density at radius 3 is 2.73 bits per heavy atom. The fraction of sp³-hybridized carbons (Fsp3) is 0.385. The van der Waals surface area contributed by atoms with Gasteiger partial charge in [0.05, 0.1) is 5.52 Å². The van der Waals surface area contributed by atoms with Gasteiger partial charge in [0.2, 0.25) is 0 Å². The molecule has 1 aliphatic rings. The number of halogens is 1. The van der Waals surface area contributed by atoms with Gasteiger partial charge in [-0.3, -0.25) is 0 Å². The molecule has 0 spiro atoms. The van der Waals surface area contributed by atoms with Crippen LogP contribution in [0.15, 0.2) is 24.5 Å². The third-order valence-electron chi connectivity index (χ3n) is 3.69. The van der Waals surface area contributed by atoms with Crippen molar-refractivity contribution in [2.45, 2.75) is 6.42 Å². The highest BCUT2D eigenvalue weighted by molar-refractivity contribution is 7.86. The van der Waals surface area contributed by atoms with Crippen LogP contribution in [0.3, 0.4) is 0 Å². The molecule has 9 heteroatoms. The van der Waals surface area contributed by atoms with E-state index >= 15 is 0 Å². The van der Waals surface area contributed by atoms with E-state index in [1.807, 2.05) is 6.07 Å². The minimum absolute atomic E-state index is 0.345. The first-order valence-electron chi connectivity index (χ1n) is 6.88. The lowest BCUT2D eigenvalue weighted by atomic mass is 10.2. The summed E-state index contributed by atoms with van der Waals surface area (Å²) in [6, 6.07) is 5.47. The Balaban J connectivity index is 1.92. The van der Waals surface area contributed by atoms with Crippen LogP contribution < -0.4 is 10.0 Å². The number of hydrogen-bond acceptors (Lipinski definition) is 5. The molecular formula is C13H16ClN5O2S.